The van der Waals surface area contributed by atoms with E-state index < -0.39 is 15.9 Å². The van der Waals surface area contributed by atoms with Gasteiger partial charge in [-0.15, -0.1) is 0 Å². The number of carbonyl (C=O) groups excluding carboxylic acids is 1. The summed E-state index contributed by atoms with van der Waals surface area (Å²) in [4.78, 5) is 11.5. The number of benzene rings is 1. The molecule has 1 rings (SSSR count). The summed E-state index contributed by atoms with van der Waals surface area (Å²) in [5, 5.41) is 11.1. The molecular weight excluding hydrogens is 270 g/mol. The van der Waals surface area contributed by atoms with Crippen molar-refractivity contribution in [2.75, 3.05) is 19.5 Å². The van der Waals surface area contributed by atoms with Gasteiger partial charge < -0.3 is 15.2 Å². The molecule has 6 nitrogen and oxygen atoms in total. The molecule has 0 bridgehead atoms. The zero-order valence-electron chi connectivity index (χ0n) is 10.8. The minimum absolute atomic E-state index is 0.0639. The standard InChI is InChI=1S/C12H17NO5S/c1-9(13-12(15)18-8-7-14)10-3-5-11(6-4-10)19(2,16)17/h3-6,9,14H,7-8H2,1-2H3,(H,13,15). The van der Waals surface area contributed by atoms with E-state index >= 15 is 0 Å². The summed E-state index contributed by atoms with van der Waals surface area (Å²) >= 11 is 0. The second-order valence-corrected chi connectivity index (χ2v) is 6.08. The first-order valence-electron chi connectivity index (χ1n) is 5.68. The molecule has 0 aliphatic rings. The molecule has 7 heteroatoms. The van der Waals surface area contributed by atoms with E-state index in [4.69, 9.17) is 5.11 Å². The van der Waals surface area contributed by atoms with E-state index in [2.05, 4.69) is 10.1 Å². The van der Waals surface area contributed by atoms with E-state index in [0.29, 0.717) is 0 Å². The third-order valence-electron chi connectivity index (χ3n) is 2.47. The Bertz CT molecular complexity index is 524. The molecule has 1 unspecified atom stereocenters. The number of alkyl carbamates (subject to hydrolysis) is 1. The monoisotopic (exact) mass is 287 g/mol. The highest BCUT2D eigenvalue weighted by Crippen LogP contribution is 2.16. The topological polar surface area (TPSA) is 92.7 Å². The SMILES string of the molecule is CC(NC(=O)OCCO)c1ccc(S(C)(=O)=O)cc1. The lowest BCUT2D eigenvalue weighted by atomic mass is 10.1. The fourth-order valence-corrected chi connectivity index (χ4v) is 2.07. The lowest BCUT2D eigenvalue weighted by Crippen LogP contribution is -2.28. The van der Waals surface area contributed by atoms with Gasteiger partial charge in [-0.3, -0.25) is 0 Å². The quantitative estimate of drug-likeness (QED) is 0.838. The zero-order valence-corrected chi connectivity index (χ0v) is 11.6. The van der Waals surface area contributed by atoms with Gasteiger partial charge >= 0.3 is 6.09 Å². The number of aliphatic hydroxyl groups is 1. The second kappa shape index (κ2) is 6.53. The van der Waals surface area contributed by atoms with Gasteiger partial charge in [-0.1, -0.05) is 12.1 Å². The molecule has 1 atom stereocenters. The van der Waals surface area contributed by atoms with Gasteiger partial charge in [0, 0.05) is 6.26 Å². The van der Waals surface area contributed by atoms with E-state index in [1.54, 1.807) is 19.1 Å². The van der Waals surface area contributed by atoms with Crippen LogP contribution in [-0.2, 0) is 14.6 Å². The van der Waals surface area contributed by atoms with Crippen LogP contribution in [0.3, 0.4) is 0 Å². The van der Waals surface area contributed by atoms with E-state index in [-0.39, 0.29) is 24.2 Å². The van der Waals surface area contributed by atoms with Crippen LogP contribution >= 0.6 is 0 Å². The summed E-state index contributed by atoms with van der Waals surface area (Å²) in [6.07, 6.45) is 0.504. The second-order valence-electron chi connectivity index (χ2n) is 4.07. The lowest BCUT2D eigenvalue weighted by molar-refractivity contribution is 0.116. The molecule has 0 spiro atoms. The highest BCUT2D eigenvalue weighted by molar-refractivity contribution is 7.90. The third kappa shape index (κ3) is 4.88. The van der Waals surface area contributed by atoms with Crippen LogP contribution in [0.15, 0.2) is 29.2 Å². The van der Waals surface area contributed by atoms with E-state index in [0.717, 1.165) is 11.8 Å². The third-order valence-corrected chi connectivity index (χ3v) is 3.60. The summed E-state index contributed by atoms with van der Waals surface area (Å²) in [7, 11) is -3.22. The van der Waals surface area contributed by atoms with Crippen LogP contribution in [-0.4, -0.2) is 39.1 Å². The molecule has 106 valence electrons. The first kappa shape index (κ1) is 15.5. The number of aliphatic hydroxyl groups excluding tert-OH is 1. The van der Waals surface area contributed by atoms with Gasteiger partial charge in [0.1, 0.15) is 6.61 Å². The van der Waals surface area contributed by atoms with Gasteiger partial charge in [-0.05, 0) is 24.6 Å². The maximum absolute atomic E-state index is 11.3. The highest BCUT2D eigenvalue weighted by atomic mass is 32.2. The van der Waals surface area contributed by atoms with Crippen molar-refractivity contribution < 1.29 is 23.1 Å². The lowest BCUT2D eigenvalue weighted by Gasteiger charge is -2.14. The van der Waals surface area contributed by atoms with Crippen LogP contribution in [0.2, 0.25) is 0 Å². The molecule has 0 saturated carbocycles. The molecule has 0 aliphatic heterocycles. The molecule has 0 radical (unpaired) electrons. The Morgan fingerprint density at radius 1 is 1.37 bits per heavy atom. The van der Waals surface area contributed by atoms with Crippen molar-refractivity contribution in [1.29, 1.82) is 0 Å². The summed E-state index contributed by atoms with van der Waals surface area (Å²) in [6, 6.07) is 5.92. The van der Waals surface area contributed by atoms with Gasteiger partial charge in [0.25, 0.3) is 0 Å². The van der Waals surface area contributed by atoms with Crippen molar-refractivity contribution in [2.24, 2.45) is 0 Å². The van der Waals surface area contributed by atoms with Crippen LogP contribution in [0.25, 0.3) is 0 Å². The van der Waals surface area contributed by atoms with Crippen LogP contribution in [0, 0.1) is 0 Å². The number of ether oxygens (including phenoxy) is 1. The Hall–Kier alpha value is -1.60. The highest BCUT2D eigenvalue weighted by Gasteiger charge is 2.12. The summed E-state index contributed by atoms with van der Waals surface area (Å²) in [6.45, 7) is 1.45. The predicted molar refractivity (Wildman–Crippen MR) is 69.5 cm³/mol. The fraction of sp³-hybridized carbons (Fsp3) is 0.417. The number of hydrogen-bond acceptors (Lipinski definition) is 5. The maximum atomic E-state index is 11.3. The zero-order chi connectivity index (χ0) is 14.5. The average Bonchev–Trinajstić information content (AvgIpc) is 2.35. The predicted octanol–water partition coefficient (Wildman–Crippen LogP) is 0.870. The van der Waals surface area contributed by atoms with Crippen molar-refractivity contribution in [1.82, 2.24) is 5.32 Å². The Kier molecular flexibility index (Phi) is 5.31. The van der Waals surface area contributed by atoms with Crippen LogP contribution in [0.5, 0.6) is 0 Å². The number of rotatable bonds is 5. The summed E-state index contributed by atoms with van der Waals surface area (Å²) in [5.74, 6) is 0. The number of nitrogens with one attached hydrogen (secondary N) is 1. The van der Waals surface area contributed by atoms with Crippen molar-refractivity contribution in [3.63, 3.8) is 0 Å². The summed E-state index contributed by atoms with van der Waals surface area (Å²) < 4.78 is 27.3. The molecule has 0 fully saturated rings. The molecule has 0 heterocycles. The number of amides is 1. The Morgan fingerprint density at radius 2 is 1.95 bits per heavy atom. The molecule has 2 N–H and O–H groups in total. The van der Waals surface area contributed by atoms with Crippen molar-refractivity contribution in [3.05, 3.63) is 29.8 Å². The van der Waals surface area contributed by atoms with E-state index in [1.807, 2.05) is 0 Å². The molecule has 19 heavy (non-hydrogen) atoms. The first-order valence-corrected chi connectivity index (χ1v) is 7.58. The van der Waals surface area contributed by atoms with Crippen molar-refractivity contribution in [3.8, 4) is 0 Å². The number of carbonyl (C=O) groups is 1. The molecule has 1 aromatic carbocycles. The van der Waals surface area contributed by atoms with E-state index in [9.17, 15) is 13.2 Å². The number of hydrogen-bond donors (Lipinski definition) is 2. The van der Waals surface area contributed by atoms with Crippen molar-refractivity contribution in [2.45, 2.75) is 17.9 Å². The van der Waals surface area contributed by atoms with Gasteiger partial charge in [0.2, 0.25) is 0 Å². The normalized spacial score (nSPS) is 12.8. The summed E-state index contributed by atoms with van der Waals surface area (Å²) in [5.41, 5.74) is 0.758. The largest absolute Gasteiger partial charge is 0.447 e. The average molecular weight is 287 g/mol. The van der Waals surface area contributed by atoms with Gasteiger partial charge in [0.15, 0.2) is 9.84 Å². The van der Waals surface area contributed by atoms with Gasteiger partial charge in [0.05, 0.1) is 17.5 Å². The smallest absolute Gasteiger partial charge is 0.407 e. The Balaban J connectivity index is 2.68. The minimum Gasteiger partial charge on any atom is -0.447 e. The molecular formula is C12H17NO5S. The maximum Gasteiger partial charge on any atom is 0.407 e. The van der Waals surface area contributed by atoms with Crippen LogP contribution in [0.1, 0.15) is 18.5 Å². The Labute approximate surface area is 112 Å². The van der Waals surface area contributed by atoms with Crippen LogP contribution in [0.4, 0.5) is 4.79 Å². The number of sulfone groups is 1. The molecule has 1 amide bonds. The Morgan fingerprint density at radius 3 is 2.42 bits per heavy atom. The van der Waals surface area contributed by atoms with Gasteiger partial charge in [-0.25, -0.2) is 13.2 Å². The van der Waals surface area contributed by atoms with Gasteiger partial charge in [-0.2, -0.15) is 0 Å². The minimum atomic E-state index is -3.22. The molecule has 0 saturated heterocycles. The molecule has 1 aromatic rings. The first-order chi connectivity index (χ1) is 8.84. The van der Waals surface area contributed by atoms with Crippen LogP contribution < -0.4 is 5.32 Å². The molecule has 0 aliphatic carbocycles. The van der Waals surface area contributed by atoms with E-state index in [1.165, 1.54) is 12.1 Å². The van der Waals surface area contributed by atoms with Crippen molar-refractivity contribution >= 4 is 15.9 Å². The molecule has 0 aromatic heterocycles. The fourth-order valence-electron chi connectivity index (χ4n) is 1.44.